The highest BCUT2D eigenvalue weighted by atomic mass is 32.1. The molecule has 0 amide bonds. The van der Waals surface area contributed by atoms with Crippen molar-refractivity contribution in [2.24, 2.45) is 11.8 Å². The molecule has 3 heterocycles. The Hall–Kier alpha value is -2.33. The van der Waals surface area contributed by atoms with Gasteiger partial charge in [-0.05, 0) is 67.1 Å². The Morgan fingerprint density at radius 3 is 2.42 bits per heavy atom. The first kappa shape index (κ1) is 24.7. The van der Waals surface area contributed by atoms with Gasteiger partial charge in [0.2, 0.25) is 0 Å². The summed E-state index contributed by atoms with van der Waals surface area (Å²) in [4.78, 5) is 5.01. The van der Waals surface area contributed by atoms with Crippen molar-refractivity contribution in [3.05, 3.63) is 35.4 Å². The molecule has 3 fully saturated rings. The van der Waals surface area contributed by atoms with E-state index < -0.39 is 5.60 Å². The largest absolute Gasteiger partial charge is 0.494 e. The Morgan fingerprint density at radius 1 is 0.947 bits per heavy atom. The van der Waals surface area contributed by atoms with Gasteiger partial charge in [0.15, 0.2) is 11.8 Å². The molecule has 7 rings (SSSR count). The highest BCUT2D eigenvalue weighted by Crippen LogP contribution is 2.63. The lowest BCUT2D eigenvalue weighted by Crippen LogP contribution is -2.49. The quantitative estimate of drug-likeness (QED) is 0.378. The lowest BCUT2D eigenvalue weighted by molar-refractivity contribution is -0.0265. The van der Waals surface area contributed by atoms with Crippen LogP contribution in [0.15, 0.2) is 24.3 Å². The Balaban J connectivity index is 1.03. The minimum absolute atomic E-state index is 0.00702. The molecule has 1 aromatic carbocycles. The van der Waals surface area contributed by atoms with E-state index in [1.54, 1.807) is 16.1 Å². The van der Waals surface area contributed by atoms with Crippen LogP contribution in [0.1, 0.15) is 61.5 Å². The van der Waals surface area contributed by atoms with Crippen molar-refractivity contribution < 1.29 is 20.4 Å². The maximum absolute atomic E-state index is 11.2. The molecule has 2 bridgehead atoms. The lowest BCUT2D eigenvalue weighted by atomic mass is 9.78. The molecule has 0 spiro atoms. The van der Waals surface area contributed by atoms with Crippen molar-refractivity contribution >= 4 is 27.4 Å². The van der Waals surface area contributed by atoms with E-state index in [1.165, 1.54) is 29.3 Å². The molecule has 1 saturated heterocycles. The molecule has 204 valence electrons. The molecule has 38 heavy (non-hydrogen) atoms. The summed E-state index contributed by atoms with van der Waals surface area (Å²) in [7, 11) is 0. The average Bonchev–Trinajstić information content (AvgIpc) is 3.68. The summed E-state index contributed by atoms with van der Waals surface area (Å²) >= 11 is 1.58. The minimum Gasteiger partial charge on any atom is -0.494 e. The summed E-state index contributed by atoms with van der Waals surface area (Å²) in [5.41, 5.74) is 0.297. The van der Waals surface area contributed by atoms with Gasteiger partial charge < -0.3 is 25.3 Å². The van der Waals surface area contributed by atoms with Crippen LogP contribution in [0.3, 0.4) is 0 Å². The van der Waals surface area contributed by atoms with Crippen LogP contribution in [-0.2, 0) is 6.54 Å². The minimum atomic E-state index is -1.19. The van der Waals surface area contributed by atoms with Crippen LogP contribution in [0.25, 0.3) is 10.1 Å². The Kier molecular flexibility index (Phi) is 6.11. The Labute approximate surface area is 227 Å². The molecule has 9 heteroatoms. The summed E-state index contributed by atoms with van der Waals surface area (Å²) in [6.07, 6.45) is 5.85. The zero-order valence-electron chi connectivity index (χ0n) is 21.8. The first-order chi connectivity index (χ1) is 18.5. The monoisotopic (exact) mass is 538 g/mol. The van der Waals surface area contributed by atoms with E-state index in [4.69, 9.17) is 4.37 Å². The van der Waals surface area contributed by atoms with Crippen molar-refractivity contribution in [3.63, 3.8) is 0 Å². The number of anilines is 1. The topological polar surface area (TPSA) is 105 Å². The molecule has 5 atom stereocenters. The second-order valence-electron chi connectivity index (χ2n) is 12.1. The number of hydrogen-bond acceptors (Lipinski definition) is 8. The van der Waals surface area contributed by atoms with Crippen molar-refractivity contribution in [3.8, 4) is 11.8 Å². The summed E-state index contributed by atoms with van der Waals surface area (Å²) in [6, 6.07) is 8.47. The van der Waals surface area contributed by atoms with Crippen LogP contribution >= 0.6 is 11.5 Å². The van der Waals surface area contributed by atoms with E-state index in [9.17, 15) is 20.4 Å². The Bertz CT molecular complexity index is 1330. The predicted molar refractivity (Wildman–Crippen MR) is 148 cm³/mol. The Morgan fingerprint density at radius 2 is 1.66 bits per heavy atom. The first-order valence-electron chi connectivity index (χ1n) is 14.3. The molecule has 3 aliphatic carbocycles. The third-order valence-corrected chi connectivity index (χ3v) is 10.9. The molecular weight excluding hydrogens is 500 g/mol. The van der Waals surface area contributed by atoms with Crippen molar-refractivity contribution in [1.29, 1.82) is 0 Å². The summed E-state index contributed by atoms with van der Waals surface area (Å²) in [6.45, 7) is 5.35. The maximum atomic E-state index is 11.2. The summed E-state index contributed by atoms with van der Waals surface area (Å²) in [5.74, 6) is 2.03. The van der Waals surface area contributed by atoms with Crippen LogP contribution in [0.2, 0.25) is 0 Å². The van der Waals surface area contributed by atoms with Crippen LogP contribution in [0.5, 0.6) is 11.8 Å². The fourth-order valence-corrected chi connectivity index (χ4v) is 8.86. The van der Waals surface area contributed by atoms with Gasteiger partial charge in [0.05, 0.1) is 16.9 Å². The maximum Gasteiger partial charge on any atom is 0.197 e. The van der Waals surface area contributed by atoms with Crippen LogP contribution < -0.4 is 4.90 Å². The average molecular weight is 539 g/mol. The van der Waals surface area contributed by atoms with Crippen LogP contribution in [0.4, 0.5) is 5.82 Å². The number of aliphatic hydroxyl groups excluding tert-OH is 1. The number of benzene rings is 1. The first-order valence-corrected chi connectivity index (χ1v) is 15.0. The van der Waals surface area contributed by atoms with E-state index in [1.807, 2.05) is 0 Å². The van der Waals surface area contributed by atoms with Gasteiger partial charge in [0.25, 0.3) is 0 Å². The van der Waals surface area contributed by atoms with E-state index in [0.717, 1.165) is 50.5 Å². The lowest BCUT2D eigenvalue weighted by Gasteiger charge is -2.40. The number of aromatic hydroxyl groups is 2. The van der Waals surface area contributed by atoms with Crippen molar-refractivity contribution in [1.82, 2.24) is 13.8 Å². The van der Waals surface area contributed by atoms with Gasteiger partial charge in [-0.3, -0.25) is 9.47 Å². The van der Waals surface area contributed by atoms with Gasteiger partial charge in [-0.2, -0.15) is 4.37 Å². The number of hydrogen-bond donors (Lipinski definition) is 4. The number of nitrogens with zero attached hydrogens (tertiary/aromatic N) is 4. The van der Waals surface area contributed by atoms with Gasteiger partial charge in [0.1, 0.15) is 5.82 Å². The van der Waals surface area contributed by atoms with Gasteiger partial charge >= 0.3 is 0 Å². The fourth-order valence-electron chi connectivity index (χ4n) is 8.06. The number of piperazine rings is 1. The molecular formula is C29H38N4O4S. The van der Waals surface area contributed by atoms with E-state index in [-0.39, 0.29) is 30.2 Å². The molecule has 4 N–H and O–H groups in total. The normalized spacial score (nSPS) is 31.4. The molecule has 8 nitrogen and oxygen atoms in total. The van der Waals surface area contributed by atoms with E-state index in [0.29, 0.717) is 36.8 Å². The molecule has 1 aliphatic heterocycles. The van der Waals surface area contributed by atoms with Crippen LogP contribution in [0, 0.1) is 11.8 Å². The van der Waals surface area contributed by atoms with Crippen molar-refractivity contribution in [2.45, 2.75) is 62.5 Å². The SMILES string of the molecule is OCC1(O)C[C@H]2C[C@@H]1c1c2c(O)n(C[C@@H]2CCCC[C@H]2CN2CCN(c3nsc4ccccc34)CC2)c1O. The summed E-state index contributed by atoms with van der Waals surface area (Å²) in [5, 5.41) is 44.3. The third kappa shape index (κ3) is 3.85. The number of aliphatic hydroxyl groups is 2. The molecule has 3 aromatic rings. The van der Waals surface area contributed by atoms with Crippen molar-refractivity contribution in [2.75, 3.05) is 44.2 Å². The molecule has 1 unspecified atom stereocenters. The fraction of sp³-hybridized carbons (Fsp3) is 0.621. The molecule has 2 aromatic heterocycles. The predicted octanol–water partition coefficient (Wildman–Crippen LogP) is 3.84. The standard InChI is InChI=1S/C29H38N4O4S/c34-17-29(37)14-20-13-22(29)25-24(20)27(35)33(28(25)36)16-19-6-2-1-5-18(19)15-31-9-11-32(12-10-31)26-21-7-3-4-8-23(21)38-30-26/h3-4,7-8,18-20,22,34-37H,1-2,5-6,9-17H2/t18-,19-,20+,22+,29?/m0/s1. The van der Waals surface area contributed by atoms with Gasteiger partial charge in [-0.1, -0.05) is 25.0 Å². The van der Waals surface area contributed by atoms with Crippen LogP contribution in [-0.4, -0.2) is 79.2 Å². The zero-order chi connectivity index (χ0) is 26.0. The van der Waals surface area contributed by atoms with E-state index in [2.05, 4.69) is 34.1 Å². The molecule has 4 aliphatic rings. The highest BCUT2D eigenvalue weighted by Gasteiger charge is 2.56. The highest BCUT2D eigenvalue weighted by molar-refractivity contribution is 7.13. The number of rotatable bonds is 6. The van der Waals surface area contributed by atoms with Gasteiger partial charge in [0, 0.05) is 61.7 Å². The second kappa shape index (κ2) is 9.40. The van der Waals surface area contributed by atoms with E-state index >= 15 is 0 Å². The number of aromatic nitrogens is 2. The van der Waals surface area contributed by atoms with Gasteiger partial charge in [-0.25, -0.2) is 0 Å². The smallest absolute Gasteiger partial charge is 0.197 e. The molecule has 0 radical (unpaired) electrons. The summed E-state index contributed by atoms with van der Waals surface area (Å²) < 4.78 is 7.71. The number of fused-ring (bicyclic) bond motifs is 6. The third-order valence-electron chi connectivity index (χ3n) is 10.1. The molecule has 2 saturated carbocycles. The van der Waals surface area contributed by atoms with Gasteiger partial charge in [-0.15, -0.1) is 0 Å². The zero-order valence-corrected chi connectivity index (χ0v) is 22.6. The second-order valence-corrected chi connectivity index (χ2v) is 12.9.